The molecule has 0 aliphatic heterocycles. The van der Waals surface area contributed by atoms with Crippen molar-refractivity contribution >= 4 is 34.3 Å². The maximum Gasteiger partial charge on any atom is 0.203 e. The van der Waals surface area contributed by atoms with Gasteiger partial charge in [0.2, 0.25) is 5.13 Å². The molecule has 8 heteroatoms. The maximum absolute atomic E-state index is 5.85. The molecule has 2 heterocycles. The van der Waals surface area contributed by atoms with Gasteiger partial charge in [0.15, 0.2) is 11.5 Å². The average Bonchev–Trinajstić information content (AvgIpc) is 3.28. The van der Waals surface area contributed by atoms with Crippen molar-refractivity contribution in [2.75, 3.05) is 12.5 Å². The molecule has 0 spiro atoms. The topological polar surface area (TPSA) is 68.6 Å². The van der Waals surface area contributed by atoms with Crippen molar-refractivity contribution in [3.63, 3.8) is 0 Å². The Morgan fingerprint density at radius 2 is 1.97 bits per heavy atom. The Morgan fingerprint density at radius 3 is 2.74 bits per heavy atom. The van der Waals surface area contributed by atoms with Gasteiger partial charge in [0.1, 0.15) is 11.8 Å². The van der Waals surface area contributed by atoms with E-state index in [0.717, 1.165) is 27.5 Å². The Kier molecular flexibility index (Phi) is 6.76. The fourth-order valence-electron chi connectivity index (χ4n) is 2.77. The number of hydrogen-bond donors (Lipinski definition) is 1. The summed E-state index contributed by atoms with van der Waals surface area (Å²) in [5.74, 6) is 1.25. The number of ether oxygens (including phenoxy) is 2. The van der Waals surface area contributed by atoms with E-state index in [1.54, 1.807) is 25.6 Å². The molecular weight excluding hydrogens is 432 g/mol. The molecular formula is C23H19ClN4O2S. The smallest absolute Gasteiger partial charge is 0.203 e. The van der Waals surface area contributed by atoms with Gasteiger partial charge in [-0.2, -0.15) is 5.10 Å². The van der Waals surface area contributed by atoms with E-state index in [9.17, 15) is 0 Å². The van der Waals surface area contributed by atoms with Crippen LogP contribution in [0.5, 0.6) is 11.5 Å². The summed E-state index contributed by atoms with van der Waals surface area (Å²) < 4.78 is 11.3. The lowest BCUT2D eigenvalue weighted by molar-refractivity contribution is 0.284. The second-order valence-electron chi connectivity index (χ2n) is 6.46. The number of nitrogens with one attached hydrogen (secondary N) is 1. The molecule has 2 aromatic carbocycles. The third-order valence-electron chi connectivity index (χ3n) is 4.32. The van der Waals surface area contributed by atoms with E-state index < -0.39 is 0 Å². The largest absolute Gasteiger partial charge is 0.493 e. The lowest BCUT2D eigenvalue weighted by atomic mass is 10.2. The molecule has 0 fully saturated rings. The first-order valence-corrected chi connectivity index (χ1v) is 10.7. The minimum absolute atomic E-state index is 0.364. The van der Waals surface area contributed by atoms with Gasteiger partial charge < -0.3 is 9.47 Å². The minimum atomic E-state index is 0.364. The molecule has 0 unspecified atom stereocenters. The third kappa shape index (κ3) is 5.59. The first-order valence-electron chi connectivity index (χ1n) is 9.42. The number of anilines is 1. The monoisotopic (exact) mass is 450 g/mol. The van der Waals surface area contributed by atoms with Crippen LogP contribution in [0.1, 0.15) is 11.1 Å². The molecule has 0 saturated heterocycles. The van der Waals surface area contributed by atoms with Gasteiger partial charge in [0, 0.05) is 22.7 Å². The second-order valence-corrected chi connectivity index (χ2v) is 7.71. The molecule has 0 amide bonds. The maximum atomic E-state index is 5.85. The second kappa shape index (κ2) is 10.1. The van der Waals surface area contributed by atoms with Crippen molar-refractivity contribution in [3.05, 3.63) is 88.5 Å². The van der Waals surface area contributed by atoms with Crippen molar-refractivity contribution in [2.24, 2.45) is 5.10 Å². The molecule has 6 nitrogen and oxygen atoms in total. The Balaban J connectivity index is 1.38. The predicted molar refractivity (Wildman–Crippen MR) is 125 cm³/mol. The highest BCUT2D eigenvalue weighted by Crippen LogP contribution is 2.29. The highest BCUT2D eigenvalue weighted by Gasteiger charge is 2.07. The highest BCUT2D eigenvalue weighted by molar-refractivity contribution is 7.14. The van der Waals surface area contributed by atoms with E-state index in [4.69, 9.17) is 21.1 Å². The number of hydrogen-bond acceptors (Lipinski definition) is 7. The molecule has 0 aliphatic rings. The molecule has 2 aromatic heterocycles. The van der Waals surface area contributed by atoms with Gasteiger partial charge in [-0.25, -0.2) is 9.97 Å². The fourth-order valence-corrected chi connectivity index (χ4v) is 3.55. The Bertz CT molecular complexity index is 1160. The van der Waals surface area contributed by atoms with Crippen molar-refractivity contribution in [3.8, 4) is 22.8 Å². The molecule has 0 aliphatic carbocycles. The number of thiazole rings is 1. The Hall–Kier alpha value is -3.42. The van der Waals surface area contributed by atoms with E-state index in [1.807, 2.05) is 60.0 Å². The van der Waals surface area contributed by atoms with Crippen LogP contribution in [-0.4, -0.2) is 23.3 Å². The number of methoxy groups -OCH3 is 1. The average molecular weight is 451 g/mol. The number of aromatic nitrogens is 2. The first kappa shape index (κ1) is 20.8. The zero-order chi connectivity index (χ0) is 21.5. The molecule has 0 bridgehead atoms. The molecule has 4 rings (SSSR count). The van der Waals surface area contributed by atoms with Gasteiger partial charge >= 0.3 is 0 Å². The standard InChI is InChI=1S/C23H19ClN4O2S/c1-29-21-11-16(7-9-20(21)30-14-17-8-10-22(24)25-12-17)13-26-28-23-27-19(15-31-23)18-5-3-2-4-6-18/h2-13,15H,14H2,1H3,(H,27,28). The van der Waals surface area contributed by atoms with Crippen molar-refractivity contribution in [1.82, 2.24) is 9.97 Å². The van der Waals surface area contributed by atoms with Crippen LogP contribution in [0.4, 0.5) is 5.13 Å². The molecule has 0 radical (unpaired) electrons. The van der Waals surface area contributed by atoms with E-state index in [-0.39, 0.29) is 0 Å². The molecule has 0 saturated carbocycles. The predicted octanol–water partition coefficient (Wildman–Crippen LogP) is 5.89. The summed E-state index contributed by atoms with van der Waals surface area (Å²) >= 11 is 7.31. The zero-order valence-corrected chi connectivity index (χ0v) is 18.2. The summed E-state index contributed by atoms with van der Waals surface area (Å²) in [5.41, 5.74) is 6.75. The summed E-state index contributed by atoms with van der Waals surface area (Å²) in [6.45, 7) is 0.364. The van der Waals surface area contributed by atoms with E-state index in [0.29, 0.717) is 23.3 Å². The van der Waals surface area contributed by atoms with E-state index in [1.165, 1.54) is 11.3 Å². The number of rotatable bonds is 8. The van der Waals surface area contributed by atoms with Crippen LogP contribution in [0, 0.1) is 0 Å². The van der Waals surface area contributed by atoms with Crippen molar-refractivity contribution in [2.45, 2.75) is 6.61 Å². The number of nitrogens with zero attached hydrogens (tertiary/aromatic N) is 3. The lowest BCUT2D eigenvalue weighted by Crippen LogP contribution is -1.99. The molecule has 0 atom stereocenters. The first-order chi connectivity index (χ1) is 15.2. The van der Waals surface area contributed by atoms with Crippen LogP contribution < -0.4 is 14.9 Å². The minimum Gasteiger partial charge on any atom is -0.493 e. The van der Waals surface area contributed by atoms with E-state index in [2.05, 4.69) is 20.5 Å². The third-order valence-corrected chi connectivity index (χ3v) is 5.29. The van der Waals surface area contributed by atoms with Gasteiger partial charge in [-0.15, -0.1) is 11.3 Å². The number of benzene rings is 2. The molecule has 31 heavy (non-hydrogen) atoms. The Morgan fingerprint density at radius 1 is 1.10 bits per heavy atom. The molecule has 156 valence electrons. The fraction of sp³-hybridized carbons (Fsp3) is 0.0870. The lowest BCUT2D eigenvalue weighted by Gasteiger charge is -2.11. The van der Waals surface area contributed by atoms with Gasteiger partial charge in [0.05, 0.1) is 19.0 Å². The van der Waals surface area contributed by atoms with Crippen molar-refractivity contribution < 1.29 is 9.47 Å². The van der Waals surface area contributed by atoms with Crippen LogP contribution >= 0.6 is 22.9 Å². The van der Waals surface area contributed by atoms with Crippen LogP contribution in [0.15, 0.2) is 77.3 Å². The van der Waals surface area contributed by atoms with Gasteiger partial charge in [-0.05, 0) is 29.8 Å². The summed E-state index contributed by atoms with van der Waals surface area (Å²) in [4.78, 5) is 8.60. The quantitative estimate of drug-likeness (QED) is 0.206. The highest BCUT2D eigenvalue weighted by atomic mass is 35.5. The summed E-state index contributed by atoms with van der Waals surface area (Å²) in [7, 11) is 1.60. The Labute approximate surface area is 189 Å². The van der Waals surface area contributed by atoms with Gasteiger partial charge in [-0.1, -0.05) is 48.0 Å². The van der Waals surface area contributed by atoms with E-state index >= 15 is 0 Å². The molecule has 1 N–H and O–H groups in total. The number of pyridine rings is 1. The normalized spacial score (nSPS) is 10.9. The molecule has 4 aromatic rings. The summed E-state index contributed by atoms with van der Waals surface area (Å²) in [6.07, 6.45) is 3.39. The van der Waals surface area contributed by atoms with Crippen LogP contribution in [0.3, 0.4) is 0 Å². The van der Waals surface area contributed by atoms with Gasteiger partial charge in [-0.3, -0.25) is 5.43 Å². The van der Waals surface area contributed by atoms with Crippen LogP contribution in [0.25, 0.3) is 11.3 Å². The number of hydrazone groups is 1. The van der Waals surface area contributed by atoms with Crippen LogP contribution in [0.2, 0.25) is 5.15 Å². The van der Waals surface area contributed by atoms with Crippen LogP contribution in [-0.2, 0) is 6.61 Å². The zero-order valence-electron chi connectivity index (χ0n) is 16.7. The summed E-state index contributed by atoms with van der Waals surface area (Å²) in [6, 6.07) is 19.2. The van der Waals surface area contributed by atoms with Gasteiger partial charge in [0.25, 0.3) is 0 Å². The SMILES string of the molecule is COc1cc(C=NNc2nc(-c3ccccc3)cs2)ccc1OCc1ccc(Cl)nc1. The summed E-state index contributed by atoms with van der Waals surface area (Å²) in [5, 5.41) is 7.45. The number of halogens is 1. The van der Waals surface area contributed by atoms with Crippen molar-refractivity contribution in [1.29, 1.82) is 0 Å².